The van der Waals surface area contributed by atoms with E-state index in [1.807, 2.05) is 0 Å². The Kier molecular flexibility index (Phi) is 1.99. The molecule has 1 atom stereocenters. The zero-order chi connectivity index (χ0) is 10.1. The highest BCUT2D eigenvalue weighted by Gasteiger charge is 2.17. The Hall–Kier alpha value is -1.69. The summed E-state index contributed by atoms with van der Waals surface area (Å²) in [7, 11) is 0. The molecule has 78 valence electrons. The molecule has 6 nitrogen and oxygen atoms in total. The second-order valence-electron chi connectivity index (χ2n) is 3.53. The Morgan fingerprint density at radius 2 is 2.40 bits per heavy atom. The smallest absolute Gasteiger partial charge is 0.182 e. The minimum atomic E-state index is 0.339. The van der Waals surface area contributed by atoms with Gasteiger partial charge in [-0.15, -0.1) is 0 Å². The van der Waals surface area contributed by atoms with Gasteiger partial charge in [-0.1, -0.05) is 0 Å². The Morgan fingerprint density at radius 1 is 1.40 bits per heavy atom. The maximum atomic E-state index is 5.29. The summed E-state index contributed by atoms with van der Waals surface area (Å²) in [5, 5.41) is 3.32. The van der Waals surface area contributed by atoms with Crippen LogP contribution in [0.1, 0.15) is 6.42 Å². The minimum Gasteiger partial charge on any atom is -0.379 e. The van der Waals surface area contributed by atoms with E-state index >= 15 is 0 Å². The lowest BCUT2D eigenvalue weighted by Gasteiger charge is -2.10. The van der Waals surface area contributed by atoms with Gasteiger partial charge in [-0.25, -0.2) is 15.0 Å². The Bertz CT molecular complexity index is 462. The van der Waals surface area contributed by atoms with Crippen LogP contribution < -0.4 is 5.32 Å². The second-order valence-corrected chi connectivity index (χ2v) is 3.53. The van der Waals surface area contributed by atoms with Crippen LogP contribution in [0.15, 0.2) is 12.7 Å². The van der Waals surface area contributed by atoms with Crippen molar-refractivity contribution in [1.82, 2.24) is 19.9 Å². The molecule has 6 heteroatoms. The fourth-order valence-corrected chi connectivity index (χ4v) is 1.72. The van der Waals surface area contributed by atoms with E-state index in [0.29, 0.717) is 11.7 Å². The molecule has 0 unspecified atom stereocenters. The summed E-state index contributed by atoms with van der Waals surface area (Å²) in [6.07, 6.45) is 4.15. The SMILES string of the molecule is c1nc(N[C@H]2CCOC2)c2[nH]cnc2n1. The predicted molar refractivity (Wildman–Crippen MR) is 54.5 cm³/mol. The van der Waals surface area contributed by atoms with Gasteiger partial charge in [0.15, 0.2) is 11.5 Å². The quantitative estimate of drug-likeness (QED) is 0.749. The van der Waals surface area contributed by atoms with Gasteiger partial charge in [0.2, 0.25) is 0 Å². The molecule has 2 N–H and O–H groups in total. The highest BCUT2D eigenvalue weighted by Crippen LogP contribution is 2.17. The fraction of sp³-hybridized carbons (Fsp3) is 0.444. The van der Waals surface area contributed by atoms with E-state index in [9.17, 15) is 0 Å². The number of H-pyrrole nitrogens is 1. The van der Waals surface area contributed by atoms with Crippen LogP contribution in [0.3, 0.4) is 0 Å². The van der Waals surface area contributed by atoms with Crippen molar-refractivity contribution < 1.29 is 4.74 Å². The van der Waals surface area contributed by atoms with Crippen molar-refractivity contribution in [3.63, 3.8) is 0 Å². The van der Waals surface area contributed by atoms with Gasteiger partial charge in [-0.3, -0.25) is 0 Å². The predicted octanol–water partition coefficient (Wildman–Crippen LogP) is 0.554. The number of aromatic amines is 1. The number of rotatable bonds is 2. The molecule has 3 heterocycles. The molecule has 0 bridgehead atoms. The number of nitrogens with zero attached hydrogens (tertiary/aromatic N) is 3. The standard InChI is InChI=1S/C9H11N5O/c1-2-15-3-6(1)14-9-7-8(11-4-10-7)12-5-13-9/h4-6H,1-3H2,(H2,10,11,12,13,14)/t6-/m0/s1. The molecular weight excluding hydrogens is 194 g/mol. The van der Waals surface area contributed by atoms with Gasteiger partial charge in [-0.2, -0.15) is 0 Å². The van der Waals surface area contributed by atoms with Gasteiger partial charge in [0.1, 0.15) is 11.8 Å². The van der Waals surface area contributed by atoms with Crippen molar-refractivity contribution in [3.05, 3.63) is 12.7 Å². The molecule has 0 aromatic carbocycles. The van der Waals surface area contributed by atoms with Crippen LogP contribution in [-0.2, 0) is 4.74 Å². The number of fused-ring (bicyclic) bond motifs is 1. The lowest BCUT2D eigenvalue weighted by molar-refractivity contribution is 0.195. The van der Waals surface area contributed by atoms with E-state index in [4.69, 9.17) is 4.74 Å². The second kappa shape index (κ2) is 3.47. The third kappa shape index (κ3) is 1.52. The summed E-state index contributed by atoms with van der Waals surface area (Å²) in [6, 6.07) is 0.339. The Morgan fingerprint density at radius 3 is 3.27 bits per heavy atom. The monoisotopic (exact) mass is 205 g/mol. The summed E-state index contributed by atoms with van der Waals surface area (Å²) in [6.45, 7) is 1.55. The van der Waals surface area contributed by atoms with Gasteiger partial charge < -0.3 is 15.0 Å². The third-order valence-corrected chi connectivity index (χ3v) is 2.49. The zero-order valence-corrected chi connectivity index (χ0v) is 8.10. The number of hydrogen-bond acceptors (Lipinski definition) is 5. The number of imidazole rings is 1. The van der Waals surface area contributed by atoms with E-state index in [-0.39, 0.29) is 0 Å². The Balaban J connectivity index is 1.92. The van der Waals surface area contributed by atoms with Crippen LogP contribution in [0.5, 0.6) is 0 Å². The maximum absolute atomic E-state index is 5.29. The van der Waals surface area contributed by atoms with Crippen LogP contribution in [0.25, 0.3) is 11.2 Å². The fourth-order valence-electron chi connectivity index (χ4n) is 1.72. The van der Waals surface area contributed by atoms with Crippen molar-refractivity contribution >= 4 is 17.0 Å². The molecular formula is C9H11N5O. The van der Waals surface area contributed by atoms with E-state index in [2.05, 4.69) is 25.3 Å². The third-order valence-electron chi connectivity index (χ3n) is 2.49. The lowest BCUT2D eigenvalue weighted by atomic mass is 10.2. The number of hydrogen-bond donors (Lipinski definition) is 2. The summed E-state index contributed by atoms with van der Waals surface area (Å²) in [5.74, 6) is 0.799. The largest absolute Gasteiger partial charge is 0.379 e. The van der Waals surface area contributed by atoms with Crippen molar-refractivity contribution in [2.24, 2.45) is 0 Å². The molecule has 1 saturated heterocycles. The highest BCUT2D eigenvalue weighted by atomic mass is 16.5. The van der Waals surface area contributed by atoms with Crippen LogP contribution in [0.2, 0.25) is 0 Å². The molecule has 1 fully saturated rings. The van der Waals surface area contributed by atoms with Gasteiger partial charge >= 0.3 is 0 Å². The van der Waals surface area contributed by atoms with Crippen molar-refractivity contribution in [1.29, 1.82) is 0 Å². The molecule has 2 aromatic rings. The van der Waals surface area contributed by atoms with Gasteiger partial charge in [-0.05, 0) is 6.42 Å². The van der Waals surface area contributed by atoms with Gasteiger partial charge in [0, 0.05) is 6.61 Å². The lowest BCUT2D eigenvalue weighted by Crippen LogP contribution is -2.19. The number of nitrogens with one attached hydrogen (secondary N) is 2. The molecule has 1 aliphatic rings. The topological polar surface area (TPSA) is 75.7 Å². The average molecular weight is 205 g/mol. The van der Waals surface area contributed by atoms with E-state index in [0.717, 1.165) is 31.0 Å². The maximum Gasteiger partial charge on any atom is 0.182 e. The molecule has 2 aromatic heterocycles. The van der Waals surface area contributed by atoms with Gasteiger partial charge in [0.05, 0.1) is 19.0 Å². The first-order chi connectivity index (χ1) is 7.43. The minimum absolute atomic E-state index is 0.339. The van der Waals surface area contributed by atoms with Crippen molar-refractivity contribution in [3.8, 4) is 0 Å². The summed E-state index contributed by atoms with van der Waals surface area (Å²) < 4.78 is 5.29. The van der Waals surface area contributed by atoms with Crippen LogP contribution in [-0.4, -0.2) is 39.2 Å². The number of anilines is 1. The molecule has 0 radical (unpaired) electrons. The molecule has 3 rings (SSSR count). The van der Waals surface area contributed by atoms with Crippen LogP contribution >= 0.6 is 0 Å². The Labute approximate surface area is 86.1 Å². The van der Waals surface area contributed by atoms with Crippen LogP contribution in [0, 0.1) is 0 Å². The molecule has 0 aliphatic carbocycles. The first-order valence-electron chi connectivity index (χ1n) is 4.92. The average Bonchev–Trinajstić information content (AvgIpc) is 2.87. The van der Waals surface area contributed by atoms with E-state index in [1.165, 1.54) is 6.33 Å². The van der Waals surface area contributed by atoms with Crippen molar-refractivity contribution in [2.45, 2.75) is 12.5 Å². The zero-order valence-electron chi connectivity index (χ0n) is 8.10. The van der Waals surface area contributed by atoms with Crippen molar-refractivity contribution in [2.75, 3.05) is 18.5 Å². The highest BCUT2D eigenvalue weighted by molar-refractivity contribution is 5.82. The molecule has 1 aliphatic heterocycles. The first-order valence-corrected chi connectivity index (χ1v) is 4.92. The number of ether oxygens (including phenoxy) is 1. The molecule has 0 spiro atoms. The summed E-state index contributed by atoms with van der Waals surface area (Å²) in [5.41, 5.74) is 1.54. The van der Waals surface area contributed by atoms with E-state index < -0.39 is 0 Å². The normalized spacial score (nSPS) is 20.9. The van der Waals surface area contributed by atoms with E-state index in [1.54, 1.807) is 6.33 Å². The van der Waals surface area contributed by atoms with Gasteiger partial charge in [0.25, 0.3) is 0 Å². The molecule has 0 amide bonds. The molecule has 0 saturated carbocycles. The molecule has 15 heavy (non-hydrogen) atoms. The van der Waals surface area contributed by atoms with Crippen LogP contribution in [0.4, 0.5) is 5.82 Å². The summed E-state index contributed by atoms with van der Waals surface area (Å²) in [4.78, 5) is 15.3. The summed E-state index contributed by atoms with van der Waals surface area (Å²) >= 11 is 0. The number of aromatic nitrogens is 4. The first kappa shape index (κ1) is 8.60.